The highest BCUT2D eigenvalue weighted by Gasteiger charge is 2.23. The smallest absolute Gasteiger partial charge is 0.234 e. The lowest BCUT2D eigenvalue weighted by atomic mass is 9.86. The molecule has 0 radical (unpaired) electrons. The number of hydrogen-bond acceptors (Lipinski definition) is 4. The molecule has 2 atom stereocenters. The van der Waals surface area contributed by atoms with Gasteiger partial charge in [0.05, 0.1) is 19.4 Å². The highest BCUT2D eigenvalue weighted by atomic mass is 32.1. The van der Waals surface area contributed by atoms with Crippen LogP contribution in [0.2, 0.25) is 0 Å². The van der Waals surface area contributed by atoms with Gasteiger partial charge in [-0.05, 0) is 42.3 Å². The summed E-state index contributed by atoms with van der Waals surface area (Å²) >= 11 is 1.72. The summed E-state index contributed by atoms with van der Waals surface area (Å²) in [4.78, 5) is 16.0. The molecular weight excluding hydrogens is 320 g/mol. The fourth-order valence-corrected chi connectivity index (χ4v) is 4.15. The summed E-state index contributed by atoms with van der Waals surface area (Å²) in [6.45, 7) is 4.07. The van der Waals surface area contributed by atoms with E-state index in [9.17, 15) is 4.79 Å². The number of thiophene rings is 1. The second-order valence-corrected chi connectivity index (χ2v) is 7.77. The maximum Gasteiger partial charge on any atom is 0.234 e. The number of amides is 1. The Labute approximate surface area is 147 Å². The SMILES string of the molecule is CC1CCCCC1NC(=O)CN(Cc1ccco1)Cc1cccs1. The normalized spacial score (nSPS) is 21.1. The predicted octanol–water partition coefficient (Wildman–Crippen LogP) is 4.04. The van der Waals surface area contributed by atoms with E-state index in [1.165, 1.54) is 24.1 Å². The minimum absolute atomic E-state index is 0.122. The van der Waals surface area contributed by atoms with Crippen LogP contribution in [0.4, 0.5) is 0 Å². The molecule has 1 amide bonds. The van der Waals surface area contributed by atoms with Crippen molar-refractivity contribution in [3.63, 3.8) is 0 Å². The Morgan fingerprint density at radius 1 is 1.29 bits per heavy atom. The minimum Gasteiger partial charge on any atom is -0.468 e. The second kappa shape index (κ2) is 8.49. The van der Waals surface area contributed by atoms with Crippen LogP contribution in [0.1, 0.15) is 43.2 Å². The van der Waals surface area contributed by atoms with Crippen LogP contribution in [0.25, 0.3) is 0 Å². The van der Waals surface area contributed by atoms with Crippen molar-refractivity contribution in [3.8, 4) is 0 Å². The molecule has 0 spiro atoms. The van der Waals surface area contributed by atoms with Crippen molar-refractivity contribution in [2.24, 2.45) is 5.92 Å². The quantitative estimate of drug-likeness (QED) is 0.823. The zero-order chi connectivity index (χ0) is 16.8. The Bertz CT molecular complexity index is 573. The number of carbonyl (C=O) groups excluding carboxylic acids is 1. The van der Waals surface area contributed by atoms with Gasteiger partial charge in [-0.2, -0.15) is 0 Å². The Kier molecular flexibility index (Phi) is 6.10. The lowest BCUT2D eigenvalue weighted by Gasteiger charge is -2.30. The first-order chi connectivity index (χ1) is 11.7. The number of hydrogen-bond donors (Lipinski definition) is 1. The molecule has 1 fully saturated rings. The van der Waals surface area contributed by atoms with Crippen molar-refractivity contribution in [1.82, 2.24) is 10.2 Å². The number of nitrogens with one attached hydrogen (secondary N) is 1. The van der Waals surface area contributed by atoms with Crippen LogP contribution in [0, 0.1) is 5.92 Å². The van der Waals surface area contributed by atoms with Gasteiger partial charge in [-0.3, -0.25) is 9.69 Å². The molecule has 1 saturated carbocycles. The molecule has 4 nitrogen and oxygen atoms in total. The molecule has 1 N–H and O–H groups in total. The van der Waals surface area contributed by atoms with Crippen molar-refractivity contribution in [2.45, 2.75) is 51.7 Å². The van der Waals surface area contributed by atoms with E-state index < -0.39 is 0 Å². The zero-order valence-corrected chi connectivity index (χ0v) is 15.1. The molecule has 0 aliphatic heterocycles. The van der Waals surface area contributed by atoms with Crippen LogP contribution in [-0.4, -0.2) is 23.4 Å². The fourth-order valence-electron chi connectivity index (χ4n) is 3.40. The summed E-state index contributed by atoms with van der Waals surface area (Å²) in [5, 5.41) is 5.32. The molecule has 0 bridgehead atoms. The third kappa shape index (κ3) is 4.95. The molecule has 1 aliphatic rings. The van der Waals surface area contributed by atoms with Gasteiger partial charge in [0.15, 0.2) is 0 Å². The van der Waals surface area contributed by atoms with E-state index in [-0.39, 0.29) is 5.91 Å². The number of carbonyl (C=O) groups is 1. The second-order valence-electron chi connectivity index (χ2n) is 6.74. The number of nitrogens with zero attached hydrogens (tertiary/aromatic N) is 1. The van der Waals surface area contributed by atoms with Crippen molar-refractivity contribution < 1.29 is 9.21 Å². The van der Waals surface area contributed by atoms with Crippen molar-refractivity contribution in [2.75, 3.05) is 6.54 Å². The van der Waals surface area contributed by atoms with Gasteiger partial charge >= 0.3 is 0 Å². The molecule has 24 heavy (non-hydrogen) atoms. The highest BCUT2D eigenvalue weighted by molar-refractivity contribution is 7.09. The van der Waals surface area contributed by atoms with E-state index in [1.54, 1.807) is 17.6 Å². The molecule has 2 heterocycles. The average Bonchev–Trinajstić information content (AvgIpc) is 3.23. The summed E-state index contributed by atoms with van der Waals surface area (Å²) < 4.78 is 5.46. The Morgan fingerprint density at radius 3 is 2.88 bits per heavy atom. The van der Waals surface area contributed by atoms with E-state index in [1.807, 2.05) is 12.1 Å². The van der Waals surface area contributed by atoms with E-state index in [4.69, 9.17) is 4.42 Å². The third-order valence-corrected chi connectivity index (χ3v) is 5.61. The van der Waals surface area contributed by atoms with Gasteiger partial charge in [0.1, 0.15) is 5.76 Å². The van der Waals surface area contributed by atoms with Gasteiger partial charge < -0.3 is 9.73 Å². The van der Waals surface area contributed by atoms with Gasteiger partial charge in [0.2, 0.25) is 5.91 Å². The summed E-state index contributed by atoms with van der Waals surface area (Å²) in [7, 11) is 0. The number of rotatable bonds is 7. The van der Waals surface area contributed by atoms with Gasteiger partial charge in [-0.1, -0.05) is 25.8 Å². The summed E-state index contributed by atoms with van der Waals surface area (Å²) in [6.07, 6.45) is 6.52. The van der Waals surface area contributed by atoms with Gasteiger partial charge in [0.25, 0.3) is 0 Å². The minimum atomic E-state index is 0.122. The third-order valence-electron chi connectivity index (χ3n) is 4.74. The molecule has 0 saturated heterocycles. The van der Waals surface area contributed by atoms with Gasteiger partial charge in [-0.15, -0.1) is 11.3 Å². The molecule has 5 heteroatoms. The van der Waals surface area contributed by atoms with E-state index in [0.29, 0.717) is 25.0 Å². The lowest BCUT2D eigenvalue weighted by molar-refractivity contribution is -0.123. The van der Waals surface area contributed by atoms with Gasteiger partial charge in [-0.25, -0.2) is 0 Å². The Hall–Kier alpha value is -1.59. The van der Waals surface area contributed by atoms with Crippen LogP contribution in [0.5, 0.6) is 0 Å². The standard InChI is InChI=1S/C19H26N2O2S/c1-15-6-2-3-9-18(15)20-19(22)14-21(12-16-7-4-10-23-16)13-17-8-5-11-24-17/h4-5,7-8,10-11,15,18H,2-3,6,9,12-14H2,1H3,(H,20,22). The molecule has 2 unspecified atom stereocenters. The maximum atomic E-state index is 12.5. The lowest BCUT2D eigenvalue weighted by Crippen LogP contribution is -2.45. The summed E-state index contributed by atoms with van der Waals surface area (Å²) in [5.41, 5.74) is 0. The average molecular weight is 346 g/mol. The monoisotopic (exact) mass is 346 g/mol. The maximum absolute atomic E-state index is 12.5. The summed E-state index contributed by atoms with van der Waals surface area (Å²) in [5.74, 6) is 1.60. The summed E-state index contributed by atoms with van der Waals surface area (Å²) in [6, 6.07) is 8.35. The van der Waals surface area contributed by atoms with Crippen LogP contribution < -0.4 is 5.32 Å². The molecule has 3 rings (SSSR count). The van der Waals surface area contributed by atoms with Crippen LogP contribution in [0.15, 0.2) is 40.3 Å². The highest BCUT2D eigenvalue weighted by Crippen LogP contribution is 2.23. The van der Waals surface area contributed by atoms with E-state index >= 15 is 0 Å². The van der Waals surface area contributed by atoms with Crippen LogP contribution >= 0.6 is 11.3 Å². The zero-order valence-electron chi connectivity index (χ0n) is 14.2. The first kappa shape index (κ1) is 17.2. The molecular formula is C19H26N2O2S. The van der Waals surface area contributed by atoms with Gasteiger partial charge in [0, 0.05) is 17.5 Å². The fraction of sp³-hybridized carbons (Fsp3) is 0.526. The molecule has 0 aromatic carbocycles. The van der Waals surface area contributed by atoms with Crippen LogP contribution in [0.3, 0.4) is 0 Å². The first-order valence-electron chi connectivity index (χ1n) is 8.77. The molecule has 130 valence electrons. The predicted molar refractivity (Wildman–Crippen MR) is 96.7 cm³/mol. The topological polar surface area (TPSA) is 45.5 Å². The van der Waals surface area contributed by atoms with Crippen molar-refractivity contribution in [3.05, 3.63) is 46.5 Å². The molecule has 1 aliphatic carbocycles. The number of furan rings is 1. The van der Waals surface area contributed by atoms with E-state index in [2.05, 4.69) is 34.7 Å². The first-order valence-corrected chi connectivity index (χ1v) is 9.65. The van der Waals surface area contributed by atoms with Crippen molar-refractivity contribution in [1.29, 1.82) is 0 Å². The van der Waals surface area contributed by atoms with Crippen molar-refractivity contribution >= 4 is 17.2 Å². The molecule has 2 aromatic heterocycles. The van der Waals surface area contributed by atoms with E-state index in [0.717, 1.165) is 18.7 Å². The molecule has 2 aromatic rings. The van der Waals surface area contributed by atoms with Crippen LogP contribution in [-0.2, 0) is 17.9 Å². The largest absolute Gasteiger partial charge is 0.468 e. The Morgan fingerprint density at radius 2 is 2.17 bits per heavy atom. The Balaban J connectivity index is 1.58.